The molecule has 0 saturated heterocycles. The van der Waals surface area contributed by atoms with Crippen LogP contribution < -0.4 is 16.8 Å². The summed E-state index contributed by atoms with van der Waals surface area (Å²) < 4.78 is 12.1. The predicted molar refractivity (Wildman–Crippen MR) is 75.8 cm³/mol. The average Bonchev–Trinajstić information content (AvgIpc) is 2.34. The van der Waals surface area contributed by atoms with E-state index in [1.165, 1.54) is 20.8 Å². The first kappa shape index (κ1) is 19.7. The molecule has 0 aliphatic rings. The summed E-state index contributed by atoms with van der Waals surface area (Å²) in [6.07, 6.45) is -0.841. The molecule has 0 aromatic heterocycles. The van der Waals surface area contributed by atoms with Crippen molar-refractivity contribution >= 4 is 25.0 Å². The second-order valence-corrected chi connectivity index (χ2v) is 7.73. The Morgan fingerprint density at radius 3 is 2.00 bits per heavy atom. The first-order chi connectivity index (χ1) is 9.41. The van der Waals surface area contributed by atoms with Crippen LogP contribution in [0.5, 0.6) is 0 Å². The fourth-order valence-corrected chi connectivity index (χ4v) is 3.14. The highest BCUT2D eigenvalue weighted by atomic mass is 31.2. The van der Waals surface area contributed by atoms with E-state index < -0.39 is 55.0 Å². The normalized spacial score (nSPS) is 19.7. The van der Waals surface area contributed by atoms with Crippen LogP contribution >= 0.6 is 7.37 Å². The van der Waals surface area contributed by atoms with E-state index in [4.69, 9.17) is 16.6 Å². The molecule has 10 heteroatoms. The minimum absolute atomic E-state index is 0.626. The van der Waals surface area contributed by atoms with Crippen molar-refractivity contribution in [3.05, 3.63) is 0 Å². The van der Waals surface area contributed by atoms with Gasteiger partial charge in [-0.3, -0.25) is 18.9 Å². The van der Waals surface area contributed by atoms with E-state index in [0.29, 0.717) is 0 Å². The molecule has 0 radical (unpaired) electrons. The van der Waals surface area contributed by atoms with Crippen molar-refractivity contribution in [2.45, 2.75) is 50.7 Å². The number of ketones is 1. The average molecular weight is 323 g/mol. The zero-order valence-electron chi connectivity index (χ0n) is 12.1. The first-order valence-corrected chi connectivity index (χ1v) is 8.10. The van der Waals surface area contributed by atoms with Gasteiger partial charge in [0.25, 0.3) is 0 Å². The van der Waals surface area contributed by atoms with Crippen LogP contribution in [0.1, 0.15) is 27.2 Å². The molecule has 0 heterocycles. The lowest BCUT2D eigenvalue weighted by Crippen LogP contribution is -2.49. The molecule has 0 aliphatic carbocycles. The summed E-state index contributed by atoms with van der Waals surface area (Å²) in [5.74, 6) is -4.16. The lowest BCUT2D eigenvalue weighted by Gasteiger charge is -2.26. The Labute approximate surface area is 122 Å². The molecule has 0 aromatic carbocycles. The van der Waals surface area contributed by atoms with Gasteiger partial charge >= 0.3 is 5.97 Å². The van der Waals surface area contributed by atoms with Crippen LogP contribution in [0.25, 0.3) is 0 Å². The van der Waals surface area contributed by atoms with E-state index in [9.17, 15) is 23.8 Å². The Bertz CT molecular complexity index is 465. The number of hydrogen-bond acceptors (Lipinski definition) is 6. The van der Waals surface area contributed by atoms with Crippen molar-refractivity contribution in [1.29, 1.82) is 0 Å². The number of carbonyl (C=O) groups is 3. The standard InChI is InChI=1S/C11H22N3O6P/c1-5(12)11(18)14-6(2)10(17)8(4-9(15)16)21(19,20)7(3)13/h5-8H,4,12-13H2,1-3H3,(H,14,18)(H,15,16)(H,19,20)/t5-,6-,7?,8?/m0/s1. The van der Waals surface area contributed by atoms with E-state index in [1.54, 1.807) is 0 Å². The van der Waals surface area contributed by atoms with Crippen LogP contribution in [0.4, 0.5) is 0 Å². The number of amides is 1. The number of nitrogens with one attached hydrogen (secondary N) is 1. The lowest BCUT2D eigenvalue weighted by molar-refractivity contribution is -0.138. The van der Waals surface area contributed by atoms with E-state index in [0.717, 1.165) is 0 Å². The van der Waals surface area contributed by atoms with Crippen molar-refractivity contribution in [3.8, 4) is 0 Å². The third-order valence-corrected chi connectivity index (χ3v) is 5.42. The smallest absolute Gasteiger partial charge is 0.304 e. The largest absolute Gasteiger partial charge is 0.481 e. The van der Waals surface area contributed by atoms with E-state index in [2.05, 4.69) is 5.32 Å². The van der Waals surface area contributed by atoms with Crippen LogP contribution in [-0.4, -0.2) is 51.2 Å². The monoisotopic (exact) mass is 323 g/mol. The molecule has 0 aliphatic heterocycles. The second kappa shape index (κ2) is 7.65. The molecule has 0 rings (SSSR count). The quantitative estimate of drug-likeness (QED) is 0.347. The van der Waals surface area contributed by atoms with Gasteiger partial charge in [-0.2, -0.15) is 0 Å². The summed E-state index contributed by atoms with van der Waals surface area (Å²) in [6, 6.07) is -2.01. The van der Waals surface area contributed by atoms with Crippen molar-refractivity contribution in [2.24, 2.45) is 11.5 Å². The van der Waals surface area contributed by atoms with Gasteiger partial charge in [0.15, 0.2) is 5.78 Å². The van der Waals surface area contributed by atoms with Crippen molar-refractivity contribution in [3.63, 3.8) is 0 Å². The van der Waals surface area contributed by atoms with Crippen LogP contribution in [0.15, 0.2) is 0 Å². The van der Waals surface area contributed by atoms with Crippen LogP contribution in [0.2, 0.25) is 0 Å². The number of aliphatic carboxylic acids is 1. The zero-order valence-corrected chi connectivity index (χ0v) is 13.0. The number of nitrogens with two attached hydrogens (primary N) is 2. The zero-order chi connectivity index (χ0) is 17.0. The van der Waals surface area contributed by atoms with Gasteiger partial charge in [0.2, 0.25) is 13.3 Å². The molecule has 7 N–H and O–H groups in total. The fourth-order valence-electron chi connectivity index (χ4n) is 1.57. The number of carbonyl (C=O) groups excluding carboxylic acids is 2. The predicted octanol–water partition coefficient (Wildman–Crippen LogP) is -1.17. The van der Waals surface area contributed by atoms with Gasteiger partial charge in [-0.15, -0.1) is 0 Å². The van der Waals surface area contributed by atoms with Crippen LogP contribution in [0, 0.1) is 0 Å². The Morgan fingerprint density at radius 1 is 1.19 bits per heavy atom. The van der Waals surface area contributed by atoms with E-state index >= 15 is 0 Å². The van der Waals surface area contributed by atoms with Crippen molar-refractivity contribution < 1.29 is 28.9 Å². The minimum atomic E-state index is -4.24. The summed E-state index contributed by atoms with van der Waals surface area (Å²) in [7, 11) is -4.24. The molecule has 0 aromatic rings. The van der Waals surface area contributed by atoms with Gasteiger partial charge in [-0.05, 0) is 20.8 Å². The minimum Gasteiger partial charge on any atom is -0.481 e. The molecule has 5 atom stereocenters. The maximum Gasteiger partial charge on any atom is 0.304 e. The molecular weight excluding hydrogens is 301 g/mol. The third-order valence-electron chi connectivity index (χ3n) is 2.93. The number of hydrogen-bond donors (Lipinski definition) is 5. The van der Waals surface area contributed by atoms with Gasteiger partial charge in [-0.25, -0.2) is 0 Å². The summed E-state index contributed by atoms with van der Waals surface area (Å²) in [4.78, 5) is 44.3. The maximum absolute atomic E-state index is 12.2. The maximum atomic E-state index is 12.2. The highest BCUT2D eigenvalue weighted by molar-refractivity contribution is 7.60. The molecule has 3 unspecified atom stereocenters. The molecule has 0 fully saturated rings. The first-order valence-electron chi connectivity index (χ1n) is 6.30. The van der Waals surface area contributed by atoms with Gasteiger partial charge in [-0.1, -0.05) is 0 Å². The summed E-state index contributed by atoms with van der Waals surface area (Å²) in [5.41, 5.74) is 9.02. The topological polar surface area (TPSA) is 173 Å². The van der Waals surface area contributed by atoms with Crippen LogP contribution in [-0.2, 0) is 18.9 Å². The highest BCUT2D eigenvalue weighted by Crippen LogP contribution is 2.51. The fraction of sp³-hybridized carbons (Fsp3) is 0.727. The van der Waals surface area contributed by atoms with Crippen molar-refractivity contribution in [1.82, 2.24) is 5.32 Å². The highest BCUT2D eigenvalue weighted by Gasteiger charge is 2.43. The third kappa shape index (κ3) is 5.55. The van der Waals surface area contributed by atoms with Gasteiger partial charge < -0.3 is 26.8 Å². The molecule has 9 nitrogen and oxygen atoms in total. The van der Waals surface area contributed by atoms with E-state index in [-0.39, 0.29) is 0 Å². The number of Topliss-reactive ketones (excluding diaryl/α,β-unsaturated/α-hetero) is 1. The molecule has 21 heavy (non-hydrogen) atoms. The molecule has 0 spiro atoms. The molecule has 122 valence electrons. The van der Waals surface area contributed by atoms with Gasteiger partial charge in [0.05, 0.1) is 24.3 Å². The van der Waals surface area contributed by atoms with Gasteiger partial charge in [0, 0.05) is 0 Å². The lowest BCUT2D eigenvalue weighted by atomic mass is 10.1. The Kier molecular flexibility index (Phi) is 7.18. The molecular formula is C11H22N3O6P. The Balaban J connectivity index is 5.26. The number of carboxylic acids is 1. The van der Waals surface area contributed by atoms with E-state index in [1.807, 2.05) is 0 Å². The van der Waals surface area contributed by atoms with Gasteiger partial charge in [0.1, 0.15) is 5.66 Å². The molecule has 1 amide bonds. The summed E-state index contributed by atoms with van der Waals surface area (Å²) in [6.45, 7) is 3.91. The van der Waals surface area contributed by atoms with Crippen LogP contribution in [0.3, 0.4) is 0 Å². The molecule has 0 bridgehead atoms. The second-order valence-electron chi connectivity index (χ2n) is 4.95. The SMILES string of the molecule is CC(N)P(=O)(O)C(CC(=O)O)C(=O)[C@H](C)NC(=O)[C@H](C)N. The summed E-state index contributed by atoms with van der Waals surface area (Å²) in [5, 5.41) is 11.1. The Morgan fingerprint density at radius 2 is 1.67 bits per heavy atom. The summed E-state index contributed by atoms with van der Waals surface area (Å²) >= 11 is 0. The number of carboxylic acid groups (broad SMARTS) is 1. The van der Waals surface area contributed by atoms with Crippen molar-refractivity contribution in [2.75, 3.05) is 0 Å². The number of rotatable bonds is 8. The Hall–Kier alpha value is -1.28. The molecule has 0 saturated carbocycles.